The van der Waals surface area contributed by atoms with Crippen LogP contribution in [0.25, 0.3) is 0 Å². The predicted octanol–water partition coefficient (Wildman–Crippen LogP) is 3.02. The first kappa shape index (κ1) is 14.8. The fourth-order valence-corrected chi connectivity index (χ4v) is 3.80. The molecule has 21 heavy (non-hydrogen) atoms. The van der Waals surface area contributed by atoms with Gasteiger partial charge in [-0.05, 0) is 47.6 Å². The molecule has 0 aromatic heterocycles. The van der Waals surface area contributed by atoms with E-state index in [-0.39, 0.29) is 17.7 Å². The molecule has 0 spiro atoms. The third-order valence-corrected chi connectivity index (χ3v) is 5.37. The first-order chi connectivity index (χ1) is 10.1. The zero-order chi connectivity index (χ0) is 14.8. The number of carbonyl (C=O) groups excluding carboxylic acids is 2. The highest BCUT2D eigenvalue weighted by Gasteiger charge is 2.38. The third kappa shape index (κ3) is 3.22. The van der Waals surface area contributed by atoms with Gasteiger partial charge in [-0.15, -0.1) is 0 Å². The summed E-state index contributed by atoms with van der Waals surface area (Å²) in [7, 11) is 0. The van der Waals surface area contributed by atoms with Crippen LogP contribution in [0.5, 0.6) is 0 Å². The second-order valence-corrected chi connectivity index (χ2v) is 7.02. The van der Waals surface area contributed by atoms with E-state index < -0.39 is 0 Å². The molecule has 1 aromatic rings. The van der Waals surface area contributed by atoms with Crippen LogP contribution in [0.1, 0.15) is 32.1 Å². The molecule has 2 fully saturated rings. The number of rotatable bonds is 3. The summed E-state index contributed by atoms with van der Waals surface area (Å²) in [4.78, 5) is 26.5. The largest absolute Gasteiger partial charge is 0.339 e. The number of carbonyl (C=O) groups is 2. The minimum Gasteiger partial charge on any atom is -0.339 e. The second-order valence-electron chi connectivity index (χ2n) is 5.85. The van der Waals surface area contributed by atoms with Crippen LogP contribution in [-0.4, -0.2) is 29.3 Å². The Morgan fingerprint density at radius 2 is 1.95 bits per heavy atom. The Hall–Kier alpha value is -1.11. The lowest BCUT2D eigenvalue weighted by Crippen LogP contribution is -2.35. The van der Waals surface area contributed by atoms with E-state index in [1.807, 2.05) is 29.2 Å². The summed E-state index contributed by atoms with van der Waals surface area (Å²) in [6, 6.07) is 8.07. The minimum absolute atomic E-state index is 0.0343. The molecule has 1 saturated carbocycles. The minimum atomic E-state index is -0.214. The van der Waals surface area contributed by atoms with Gasteiger partial charge in [0.15, 0.2) is 0 Å². The van der Waals surface area contributed by atoms with E-state index >= 15 is 0 Å². The third-order valence-electron chi connectivity index (χ3n) is 4.43. The lowest BCUT2D eigenvalue weighted by Gasteiger charge is -2.23. The Bertz CT molecular complexity index is 555. The molecular weight excluding hydrogens is 379 g/mol. The maximum atomic E-state index is 12.4. The number of para-hydroxylation sites is 1. The number of halogens is 1. The van der Waals surface area contributed by atoms with Gasteiger partial charge < -0.3 is 10.2 Å². The second kappa shape index (κ2) is 6.34. The number of likely N-dealkylation sites (tertiary alicyclic amines) is 1. The van der Waals surface area contributed by atoms with Gasteiger partial charge in [-0.2, -0.15) is 0 Å². The summed E-state index contributed by atoms with van der Waals surface area (Å²) in [5.74, 6) is -0.105. The topological polar surface area (TPSA) is 49.4 Å². The highest BCUT2D eigenvalue weighted by Crippen LogP contribution is 2.30. The number of hydrogen-bond acceptors (Lipinski definition) is 2. The molecule has 1 saturated heterocycles. The molecule has 3 rings (SSSR count). The van der Waals surface area contributed by atoms with Gasteiger partial charge in [0.05, 0.1) is 11.6 Å². The summed E-state index contributed by atoms with van der Waals surface area (Å²) in [6.07, 6.45) is 4.94. The van der Waals surface area contributed by atoms with Crippen LogP contribution in [0, 0.1) is 9.49 Å². The molecule has 0 bridgehead atoms. The monoisotopic (exact) mass is 398 g/mol. The Labute approximate surface area is 138 Å². The van der Waals surface area contributed by atoms with Crippen LogP contribution in [-0.2, 0) is 9.59 Å². The SMILES string of the molecule is O=C(Nc1ccccc1I)C1CC(=O)N(C2CCCC2)C1. The zero-order valence-corrected chi connectivity index (χ0v) is 14.0. The number of benzene rings is 1. The molecule has 112 valence electrons. The number of amides is 2. The van der Waals surface area contributed by atoms with Gasteiger partial charge in [-0.25, -0.2) is 0 Å². The van der Waals surface area contributed by atoms with Gasteiger partial charge in [0.25, 0.3) is 0 Å². The van der Waals surface area contributed by atoms with E-state index in [9.17, 15) is 9.59 Å². The van der Waals surface area contributed by atoms with Crippen molar-refractivity contribution < 1.29 is 9.59 Å². The summed E-state index contributed by atoms with van der Waals surface area (Å²) < 4.78 is 1.01. The normalized spacial score (nSPS) is 22.8. The maximum absolute atomic E-state index is 12.4. The standard InChI is InChI=1S/C16H19IN2O2/c17-13-7-3-4-8-14(13)18-16(21)11-9-15(20)19(10-11)12-5-1-2-6-12/h3-4,7-8,11-12H,1-2,5-6,9-10H2,(H,18,21). The van der Waals surface area contributed by atoms with Crippen molar-refractivity contribution in [2.45, 2.75) is 38.1 Å². The highest BCUT2D eigenvalue weighted by atomic mass is 127. The van der Waals surface area contributed by atoms with Crippen LogP contribution < -0.4 is 5.32 Å². The smallest absolute Gasteiger partial charge is 0.229 e. The average Bonchev–Trinajstić information content (AvgIpc) is 3.10. The fourth-order valence-electron chi connectivity index (χ4n) is 3.27. The Morgan fingerprint density at radius 1 is 1.24 bits per heavy atom. The van der Waals surface area contributed by atoms with Crippen molar-refractivity contribution in [1.29, 1.82) is 0 Å². The Morgan fingerprint density at radius 3 is 2.67 bits per heavy atom. The van der Waals surface area contributed by atoms with Crippen LogP contribution in [0.15, 0.2) is 24.3 Å². The first-order valence-corrected chi connectivity index (χ1v) is 8.58. The van der Waals surface area contributed by atoms with Crippen molar-refractivity contribution in [3.05, 3.63) is 27.8 Å². The summed E-state index contributed by atoms with van der Waals surface area (Å²) >= 11 is 2.20. The maximum Gasteiger partial charge on any atom is 0.229 e. The van der Waals surface area contributed by atoms with Crippen LogP contribution >= 0.6 is 22.6 Å². The molecule has 1 aromatic carbocycles. The average molecular weight is 398 g/mol. The lowest BCUT2D eigenvalue weighted by atomic mass is 10.1. The fraction of sp³-hybridized carbons (Fsp3) is 0.500. The molecular formula is C16H19IN2O2. The molecule has 1 aliphatic heterocycles. The highest BCUT2D eigenvalue weighted by molar-refractivity contribution is 14.1. The zero-order valence-electron chi connectivity index (χ0n) is 11.8. The van der Waals surface area contributed by atoms with E-state index in [1.54, 1.807) is 0 Å². The van der Waals surface area contributed by atoms with E-state index in [4.69, 9.17) is 0 Å². The molecule has 1 unspecified atom stereocenters. The Kier molecular flexibility index (Phi) is 4.47. The first-order valence-electron chi connectivity index (χ1n) is 7.50. The predicted molar refractivity (Wildman–Crippen MR) is 89.9 cm³/mol. The number of anilines is 1. The van der Waals surface area contributed by atoms with Crippen molar-refractivity contribution in [2.75, 3.05) is 11.9 Å². The number of hydrogen-bond donors (Lipinski definition) is 1. The van der Waals surface area contributed by atoms with Crippen LogP contribution in [0.3, 0.4) is 0 Å². The van der Waals surface area contributed by atoms with Crippen LogP contribution in [0.4, 0.5) is 5.69 Å². The van der Waals surface area contributed by atoms with E-state index in [1.165, 1.54) is 12.8 Å². The number of nitrogens with zero attached hydrogens (tertiary/aromatic N) is 1. The van der Waals surface area contributed by atoms with Crippen molar-refractivity contribution >= 4 is 40.1 Å². The summed E-state index contributed by atoms with van der Waals surface area (Å²) in [5, 5.41) is 2.96. The van der Waals surface area contributed by atoms with Gasteiger partial charge in [-0.3, -0.25) is 9.59 Å². The van der Waals surface area contributed by atoms with Gasteiger partial charge in [-0.1, -0.05) is 25.0 Å². The van der Waals surface area contributed by atoms with Gasteiger partial charge >= 0.3 is 0 Å². The molecule has 5 heteroatoms. The van der Waals surface area contributed by atoms with Gasteiger partial charge in [0.1, 0.15) is 0 Å². The molecule has 0 radical (unpaired) electrons. The van der Waals surface area contributed by atoms with Crippen LogP contribution in [0.2, 0.25) is 0 Å². The van der Waals surface area contributed by atoms with Crippen molar-refractivity contribution in [2.24, 2.45) is 5.92 Å². The molecule has 1 atom stereocenters. The lowest BCUT2D eigenvalue weighted by molar-refractivity contribution is -0.129. The molecule has 1 heterocycles. The van der Waals surface area contributed by atoms with E-state index in [0.717, 1.165) is 22.1 Å². The quantitative estimate of drug-likeness (QED) is 0.796. The molecule has 2 amide bonds. The molecule has 4 nitrogen and oxygen atoms in total. The van der Waals surface area contributed by atoms with Crippen molar-refractivity contribution in [1.82, 2.24) is 4.90 Å². The van der Waals surface area contributed by atoms with Crippen molar-refractivity contribution in [3.63, 3.8) is 0 Å². The van der Waals surface area contributed by atoms with E-state index in [2.05, 4.69) is 27.9 Å². The Balaban J connectivity index is 1.64. The molecule has 2 aliphatic rings. The van der Waals surface area contributed by atoms with Gasteiger partial charge in [0, 0.05) is 22.6 Å². The van der Waals surface area contributed by atoms with Gasteiger partial charge in [0.2, 0.25) is 11.8 Å². The van der Waals surface area contributed by atoms with Crippen molar-refractivity contribution in [3.8, 4) is 0 Å². The summed E-state index contributed by atoms with van der Waals surface area (Å²) in [5.41, 5.74) is 0.829. The number of nitrogens with one attached hydrogen (secondary N) is 1. The van der Waals surface area contributed by atoms with E-state index in [0.29, 0.717) is 19.0 Å². The molecule has 1 N–H and O–H groups in total. The molecule has 1 aliphatic carbocycles. The summed E-state index contributed by atoms with van der Waals surface area (Å²) in [6.45, 7) is 0.582.